The third-order valence-corrected chi connectivity index (χ3v) is 4.89. The summed E-state index contributed by atoms with van der Waals surface area (Å²) in [5, 5.41) is 22.4. The van der Waals surface area contributed by atoms with Gasteiger partial charge < -0.3 is 24.6 Å². The Morgan fingerprint density at radius 1 is 1.18 bits per heavy atom. The molecular formula is C20H22N3O5+. The third-order valence-electron chi connectivity index (χ3n) is 4.89. The summed E-state index contributed by atoms with van der Waals surface area (Å²) in [6, 6.07) is 4.62. The molecule has 2 aromatic rings. The lowest BCUT2D eigenvalue weighted by Crippen LogP contribution is -2.26. The van der Waals surface area contributed by atoms with Crippen LogP contribution in [0.25, 0.3) is 16.1 Å². The SMILES string of the molecule is COc1cc2c(c(OC)c1OC)-c1cc([N+]#N)c(O)cc1[C@@H](NC(C)=O)CC2. The molecule has 0 saturated carbocycles. The number of diazo groups is 1. The molecule has 0 aromatic heterocycles. The highest BCUT2D eigenvalue weighted by molar-refractivity contribution is 5.86. The zero-order chi connectivity index (χ0) is 20.4. The maximum Gasteiger partial charge on any atom is 0.426 e. The van der Waals surface area contributed by atoms with E-state index in [2.05, 4.69) is 10.3 Å². The van der Waals surface area contributed by atoms with Crippen LogP contribution in [0.2, 0.25) is 0 Å². The molecule has 146 valence electrons. The molecule has 1 aliphatic rings. The van der Waals surface area contributed by atoms with Gasteiger partial charge in [0.05, 0.1) is 27.4 Å². The first kappa shape index (κ1) is 19.3. The van der Waals surface area contributed by atoms with Crippen LogP contribution in [0.4, 0.5) is 5.69 Å². The number of amides is 1. The van der Waals surface area contributed by atoms with Crippen molar-refractivity contribution in [2.45, 2.75) is 25.8 Å². The van der Waals surface area contributed by atoms with Gasteiger partial charge in [-0.1, -0.05) is 0 Å². The van der Waals surface area contributed by atoms with Crippen LogP contribution in [0.15, 0.2) is 18.2 Å². The summed E-state index contributed by atoms with van der Waals surface area (Å²) in [5.74, 6) is 1.07. The van der Waals surface area contributed by atoms with Gasteiger partial charge in [-0.2, -0.15) is 0 Å². The van der Waals surface area contributed by atoms with Crippen LogP contribution in [0.1, 0.15) is 30.5 Å². The molecule has 0 radical (unpaired) electrons. The molecule has 0 heterocycles. The van der Waals surface area contributed by atoms with E-state index in [0.29, 0.717) is 41.2 Å². The molecule has 8 heteroatoms. The number of fused-ring (bicyclic) bond motifs is 3. The zero-order valence-electron chi connectivity index (χ0n) is 16.2. The Hall–Kier alpha value is -3.47. The summed E-state index contributed by atoms with van der Waals surface area (Å²) in [6.45, 7) is 1.45. The topological polar surface area (TPSA) is 105 Å². The number of benzene rings is 2. The number of phenols is 1. The molecule has 1 atom stereocenters. The first-order valence-electron chi connectivity index (χ1n) is 8.76. The van der Waals surface area contributed by atoms with Crippen LogP contribution in [-0.4, -0.2) is 32.3 Å². The number of phenolic OH excluding ortho intramolecular Hbond substituents is 1. The monoisotopic (exact) mass is 384 g/mol. The van der Waals surface area contributed by atoms with E-state index in [-0.39, 0.29) is 23.4 Å². The van der Waals surface area contributed by atoms with Gasteiger partial charge in [-0.05, 0) is 41.7 Å². The van der Waals surface area contributed by atoms with E-state index in [4.69, 9.17) is 14.2 Å². The minimum atomic E-state index is -0.333. The molecule has 0 saturated heterocycles. The van der Waals surface area contributed by atoms with E-state index >= 15 is 0 Å². The number of carbonyl (C=O) groups excluding carboxylic acids is 1. The second kappa shape index (κ2) is 7.64. The van der Waals surface area contributed by atoms with Crippen LogP contribution < -0.4 is 19.5 Å². The summed E-state index contributed by atoms with van der Waals surface area (Å²) >= 11 is 0. The Balaban J connectivity index is 2.38. The second-order valence-electron chi connectivity index (χ2n) is 6.50. The number of ether oxygens (including phenoxy) is 3. The normalized spacial score (nSPS) is 14.8. The van der Waals surface area contributed by atoms with E-state index in [1.807, 2.05) is 6.07 Å². The number of methoxy groups -OCH3 is 3. The molecule has 8 nitrogen and oxygen atoms in total. The molecule has 0 spiro atoms. The molecule has 0 fully saturated rings. The summed E-state index contributed by atoms with van der Waals surface area (Å²) < 4.78 is 16.6. The van der Waals surface area contributed by atoms with Gasteiger partial charge in [0.15, 0.2) is 16.5 Å². The van der Waals surface area contributed by atoms with E-state index in [1.54, 1.807) is 13.2 Å². The molecule has 1 amide bonds. The number of carbonyl (C=O) groups is 1. The van der Waals surface area contributed by atoms with Crippen molar-refractivity contribution in [3.8, 4) is 34.1 Å². The zero-order valence-corrected chi connectivity index (χ0v) is 16.2. The van der Waals surface area contributed by atoms with Crippen molar-refractivity contribution in [3.05, 3.63) is 34.3 Å². The number of rotatable bonds is 4. The standard InChI is InChI=1S/C20H21N3O5/c1-10(24)22-14-6-5-11-7-17(26-2)19(27-3)20(28-4)18(11)13-8-15(23-21)16(25)9-12(13)14/h7-9,14H,5-6H2,1-4H3,(H-,22,24,25)/p+1/t14-/m0/s1. The Labute approximate surface area is 162 Å². The summed E-state index contributed by atoms with van der Waals surface area (Å²) in [6.07, 6.45) is 1.23. The van der Waals surface area contributed by atoms with E-state index in [9.17, 15) is 15.3 Å². The highest BCUT2D eigenvalue weighted by Crippen LogP contribution is 2.52. The molecule has 1 aliphatic carbocycles. The van der Waals surface area contributed by atoms with Crippen molar-refractivity contribution in [1.82, 2.24) is 5.32 Å². The van der Waals surface area contributed by atoms with Gasteiger partial charge in [0.25, 0.3) is 0 Å². The fraction of sp³-hybridized carbons (Fsp3) is 0.350. The van der Waals surface area contributed by atoms with E-state index in [0.717, 1.165) is 11.1 Å². The Morgan fingerprint density at radius 2 is 1.89 bits per heavy atom. The van der Waals surface area contributed by atoms with Crippen molar-refractivity contribution in [2.24, 2.45) is 0 Å². The molecular weight excluding hydrogens is 362 g/mol. The average molecular weight is 384 g/mol. The average Bonchev–Trinajstić information content (AvgIpc) is 2.82. The van der Waals surface area contributed by atoms with Crippen LogP contribution in [0, 0.1) is 5.39 Å². The number of hydrogen-bond acceptors (Lipinski definition) is 6. The lowest BCUT2D eigenvalue weighted by atomic mass is 9.93. The van der Waals surface area contributed by atoms with Gasteiger partial charge in [-0.15, -0.1) is 0 Å². The van der Waals surface area contributed by atoms with Crippen LogP contribution in [0.3, 0.4) is 0 Å². The van der Waals surface area contributed by atoms with Crippen molar-refractivity contribution in [1.29, 1.82) is 5.39 Å². The molecule has 0 bridgehead atoms. The first-order valence-corrected chi connectivity index (χ1v) is 8.76. The fourth-order valence-corrected chi connectivity index (χ4v) is 3.73. The first-order chi connectivity index (χ1) is 13.4. The van der Waals surface area contributed by atoms with Gasteiger partial charge in [0.1, 0.15) is 0 Å². The van der Waals surface area contributed by atoms with Gasteiger partial charge in [0, 0.05) is 18.6 Å². The van der Waals surface area contributed by atoms with E-state index < -0.39 is 0 Å². The lowest BCUT2D eigenvalue weighted by Gasteiger charge is -2.20. The fourth-order valence-electron chi connectivity index (χ4n) is 3.73. The number of aromatic hydroxyl groups is 1. The van der Waals surface area contributed by atoms with Gasteiger partial charge in [-0.25, -0.2) is 0 Å². The third kappa shape index (κ3) is 3.16. The van der Waals surface area contributed by atoms with Gasteiger partial charge in [-0.3, -0.25) is 4.79 Å². The van der Waals surface area contributed by atoms with Crippen LogP contribution >= 0.6 is 0 Å². The number of hydrogen-bond donors (Lipinski definition) is 2. The van der Waals surface area contributed by atoms with Crippen molar-refractivity contribution in [3.63, 3.8) is 0 Å². The quantitative estimate of drug-likeness (QED) is 0.779. The predicted molar refractivity (Wildman–Crippen MR) is 103 cm³/mol. The molecule has 2 N–H and O–H groups in total. The molecule has 0 unspecified atom stereocenters. The molecule has 28 heavy (non-hydrogen) atoms. The summed E-state index contributed by atoms with van der Waals surface area (Å²) in [4.78, 5) is 14.9. The van der Waals surface area contributed by atoms with Gasteiger partial charge >= 0.3 is 5.69 Å². The van der Waals surface area contributed by atoms with E-state index in [1.165, 1.54) is 27.2 Å². The lowest BCUT2D eigenvalue weighted by molar-refractivity contribution is -0.119. The van der Waals surface area contributed by atoms with Crippen molar-refractivity contribution >= 4 is 11.6 Å². The minimum absolute atomic E-state index is 0.0185. The van der Waals surface area contributed by atoms with Crippen LogP contribution in [-0.2, 0) is 11.2 Å². The predicted octanol–water partition coefficient (Wildman–Crippen LogP) is 3.69. The smallest absolute Gasteiger partial charge is 0.426 e. The van der Waals surface area contributed by atoms with Crippen molar-refractivity contribution < 1.29 is 24.1 Å². The highest BCUT2D eigenvalue weighted by atomic mass is 16.5. The maximum absolute atomic E-state index is 11.7. The Kier molecular flexibility index (Phi) is 5.27. The molecule has 3 rings (SSSR count). The van der Waals surface area contributed by atoms with Gasteiger partial charge in [0.2, 0.25) is 22.8 Å². The largest absolute Gasteiger partial charge is 0.501 e. The summed E-state index contributed by atoms with van der Waals surface area (Å²) in [5.41, 5.74) is 3.06. The summed E-state index contributed by atoms with van der Waals surface area (Å²) in [7, 11) is 4.61. The number of aryl methyl sites for hydroxylation is 1. The molecule has 2 aromatic carbocycles. The van der Waals surface area contributed by atoms with Crippen molar-refractivity contribution in [2.75, 3.05) is 21.3 Å². The molecule has 0 aliphatic heterocycles. The number of nitrogens with zero attached hydrogens (tertiary/aromatic N) is 2. The second-order valence-corrected chi connectivity index (χ2v) is 6.50. The Morgan fingerprint density at radius 3 is 2.46 bits per heavy atom. The highest BCUT2D eigenvalue weighted by Gasteiger charge is 2.32. The van der Waals surface area contributed by atoms with Crippen LogP contribution in [0.5, 0.6) is 23.0 Å². The Bertz CT molecular complexity index is 981. The maximum atomic E-state index is 11.7. The minimum Gasteiger partial charge on any atom is -0.501 e. The number of nitrogens with one attached hydrogen (secondary N) is 1.